The molecule has 0 saturated heterocycles. The van der Waals surface area contributed by atoms with E-state index < -0.39 is 0 Å². The molecule has 0 N–H and O–H groups in total. The molecular formula is C68H36N6S2. The van der Waals surface area contributed by atoms with E-state index in [0.717, 1.165) is 87.2 Å². The minimum absolute atomic E-state index is 0.435. The summed E-state index contributed by atoms with van der Waals surface area (Å²) in [5.41, 5.74) is 10.9. The Labute approximate surface area is 440 Å². The van der Waals surface area contributed by atoms with Crippen molar-refractivity contribution in [2.24, 2.45) is 0 Å². The molecule has 0 fully saturated rings. The van der Waals surface area contributed by atoms with Crippen molar-refractivity contribution >= 4 is 150 Å². The average Bonchev–Trinajstić information content (AvgIpc) is 4.48. The van der Waals surface area contributed by atoms with Gasteiger partial charge in [-0.3, -0.25) is 0 Å². The smallest absolute Gasteiger partial charge is 0.104 e. The molecule has 8 heteroatoms. The number of hydrogen-bond donors (Lipinski definition) is 0. The molecular weight excluding hydrogens is 965 g/mol. The fraction of sp³-hybridized carbons (Fsp3) is 0. The summed E-state index contributed by atoms with van der Waals surface area (Å²) in [6.45, 7) is 0. The number of nitrogens with zero attached hydrogens (tertiary/aromatic N) is 6. The molecule has 0 saturated carbocycles. The summed E-state index contributed by atoms with van der Waals surface area (Å²) in [6, 6.07) is 83.3. The molecule has 350 valence electrons. The summed E-state index contributed by atoms with van der Waals surface area (Å²) in [5.74, 6) is 0. The summed E-state index contributed by atoms with van der Waals surface area (Å²) in [4.78, 5) is 0. The molecule has 0 aliphatic rings. The Morgan fingerprint density at radius 2 is 0.513 bits per heavy atom. The summed E-state index contributed by atoms with van der Waals surface area (Å²) in [6.07, 6.45) is 0. The van der Waals surface area contributed by atoms with Gasteiger partial charge < -0.3 is 18.3 Å². The highest BCUT2D eigenvalue weighted by Gasteiger charge is 2.35. The lowest BCUT2D eigenvalue weighted by molar-refractivity contribution is 1.02. The molecule has 6 nitrogen and oxygen atoms in total. The molecule has 6 aromatic heterocycles. The fourth-order valence-corrected chi connectivity index (χ4v) is 15.6. The van der Waals surface area contributed by atoms with Crippen LogP contribution in [0.25, 0.3) is 150 Å². The van der Waals surface area contributed by atoms with Gasteiger partial charge in [-0.25, -0.2) is 0 Å². The third kappa shape index (κ3) is 5.26. The van der Waals surface area contributed by atoms with E-state index in [-0.39, 0.29) is 0 Å². The second-order valence-electron chi connectivity index (χ2n) is 19.7. The Balaban J connectivity index is 1.17. The van der Waals surface area contributed by atoms with Crippen LogP contribution in [0, 0.1) is 22.7 Å². The maximum absolute atomic E-state index is 12.8. The lowest BCUT2D eigenvalue weighted by Gasteiger charge is -2.27. The molecule has 17 rings (SSSR count). The number of nitriles is 2. The largest absolute Gasteiger partial charge is 0.306 e. The molecule has 0 amide bonds. The standard InChI is InChI=1S/C68H36N6S2/c69-37-49-63(71-51-25-9-1-17-39(51)40-18-2-10-26-52(40)71)65(73-55-29-13-5-23-47(55)61-57(73)35-33-45-43-21-7-15-31-59(43)75-67(45)61)50(38-70)64(72-53-27-11-3-19-41(53)42-20-4-12-28-54(42)72)66(49)74-56-30-14-6-24-48(56)62-58(74)36-34-46-44-22-8-16-32-60(44)76-68(46)62/h1-36H. The highest BCUT2D eigenvalue weighted by atomic mass is 32.1. The number of benzene rings is 11. The molecule has 0 bridgehead atoms. The third-order valence-corrected chi connectivity index (χ3v) is 18.4. The van der Waals surface area contributed by atoms with E-state index in [4.69, 9.17) is 0 Å². The van der Waals surface area contributed by atoms with Crippen LogP contribution in [0.4, 0.5) is 0 Å². The number of rotatable bonds is 4. The average molecular weight is 1000 g/mol. The highest BCUT2D eigenvalue weighted by Crippen LogP contribution is 2.51. The lowest BCUT2D eigenvalue weighted by atomic mass is 9.98. The van der Waals surface area contributed by atoms with Crippen molar-refractivity contribution in [1.29, 1.82) is 10.5 Å². The molecule has 11 aromatic carbocycles. The molecule has 0 aliphatic heterocycles. The SMILES string of the molecule is N#Cc1c(-n2c3ccccc3c3ccccc32)c(-n2c3ccccc3c3c4sc5ccccc5c4ccc32)c(C#N)c(-n2c3ccccc3c3ccccc32)c1-n1c2ccccc2c2c3sc4ccccc4c3ccc21. The van der Waals surface area contributed by atoms with Crippen LogP contribution in [-0.2, 0) is 0 Å². The summed E-state index contributed by atoms with van der Waals surface area (Å²) >= 11 is 3.61. The van der Waals surface area contributed by atoms with E-state index in [1.165, 1.54) is 40.3 Å². The van der Waals surface area contributed by atoms with Crippen molar-refractivity contribution in [3.63, 3.8) is 0 Å². The third-order valence-electron chi connectivity index (χ3n) is 16.0. The zero-order valence-corrected chi connectivity index (χ0v) is 41.9. The van der Waals surface area contributed by atoms with E-state index in [1.54, 1.807) is 22.7 Å². The predicted molar refractivity (Wildman–Crippen MR) is 319 cm³/mol. The Bertz CT molecular complexity index is 5070. The molecule has 17 aromatic rings. The normalized spacial score (nSPS) is 12.2. The number of aromatic nitrogens is 4. The van der Waals surface area contributed by atoms with Gasteiger partial charge in [-0.2, -0.15) is 10.5 Å². The van der Waals surface area contributed by atoms with Gasteiger partial charge in [0.15, 0.2) is 0 Å². The van der Waals surface area contributed by atoms with Gasteiger partial charge >= 0.3 is 0 Å². The van der Waals surface area contributed by atoms with E-state index in [2.05, 4.69) is 249 Å². The summed E-state index contributed by atoms with van der Waals surface area (Å²) < 4.78 is 14.0. The summed E-state index contributed by atoms with van der Waals surface area (Å²) in [5, 5.41) is 38.9. The number of hydrogen-bond acceptors (Lipinski definition) is 4. The number of fused-ring (bicyclic) bond motifs is 20. The van der Waals surface area contributed by atoms with Crippen molar-refractivity contribution in [3.05, 3.63) is 230 Å². The zero-order chi connectivity index (χ0) is 49.9. The minimum Gasteiger partial charge on any atom is -0.306 e. The van der Waals surface area contributed by atoms with Crippen LogP contribution in [0.5, 0.6) is 0 Å². The Morgan fingerprint density at radius 1 is 0.250 bits per heavy atom. The van der Waals surface area contributed by atoms with Gasteiger partial charge in [-0.1, -0.05) is 158 Å². The van der Waals surface area contributed by atoms with E-state index in [9.17, 15) is 10.5 Å². The van der Waals surface area contributed by atoms with Gasteiger partial charge in [-0.15, -0.1) is 22.7 Å². The van der Waals surface area contributed by atoms with Crippen LogP contribution >= 0.6 is 22.7 Å². The van der Waals surface area contributed by atoms with Crippen LogP contribution in [0.15, 0.2) is 218 Å². The van der Waals surface area contributed by atoms with Crippen molar-refractivity contribution in [2.75, 3.05) is 0 Å². The van der Waals surface area contributed by atoms with E-state index >= 15 is 0 Å². The van der Waals surface area contributed by atoms with Crippen molar-refractivity contribution in [1.82, 2.24) is 18.3 Å². The predicted octanol–water partition coefficient (Wildman–Crippen LogP) is 18.6. The van der Waals surface area contributed by atoms with Crippen LogP contribution < -0.4 is 0 Å². The van der Waals surface area contributed by atoms with Gasteiger partial charge in [0.05, 0.1) is 66.9 Å². The van der Waals surface area contributed by atoms with Crippen molar-refractivity contribution in [2.45, 2.75) is 0 Å². The van der Waals surface area contributed by atoms with Gasteiger partial charge in [0.25, 0.3) is 0 Å². The first-order valence-electron chi connectivity index (χ1n) is 25.4. The molecule has 6 heterocycles. The van der Waals surface area contributed by atoms with Crippen molar-refractivity contribution in [3.8, 4) is 34.9 Å². The highest BCUT2D eigenvalue weighted by molar-refractivity contribution is 7.27. The molecule has 0 unspecified atom stereocenters. The zero-order valence-electron chi connectivity index (χ0n) is 40.3. The first-order valence-corrected chi connectivity index (χ1v) is 27.0. The Morgan fingerprint density at radius 3 is 0.842 bits per heavy atom. The molecule has 0 atom stereocenters. The lowest BCUT2D eigenvalue weighted by Crippen LogP contribution is -2.16. The summed E-state index contributed by atoms with van der Waals surface area (Å²) in [7, 11) is 0. The van der Waals surface area contributed by atoms with Gasteiger partial charge in [0, 0.05) is 83.4 Å². The Hall–Kier alpha value is -9.96. The first-order chi connectivity index (χ1) is 37.7. The first kappa shape index (κ1) is 41.5. The fourth-order valence-electron chi connectivity index (χ4n) is 13.1. The van der Waals surface area contributed by atoms with Gasteiger partial charge in [0.2, 0.25) is 0 Å². The maximum atomic E-state index is 12.8. The van der Waals surface area contributed by atoms with Crippen LogP contribution in [0.2, 0.25) is 0 Å². The topological polar surface area (TPSA) is 67.3 Å². The van der Waals surface area contributed by atoms with E-state index in [0.29, 0.717) is 33.9 Å². The monoisotopic (exact) mass is 1000 g/mol. The minimum atomic E-state index is 0.435. The van der Waals surface area contributed by atoms with E-state index in [1.807, 2.05) is 0 Å². The molecule has 0 aliphatic carbocycles. The van der Waals surface area contributed by atoms with Gasteiger partial charge in [-0.05, 0) is 60.7 Å². The van der Waals surface area contributed by atoms with Crippen molar-refractivity contribution < 1.29 is 0 Å². The number of thiophene rings is 2. The Kier molecular flexibility index (Phi) is 8.36. The quantitative estimate of drug-likeness (QED) is 0.176. The van der Waals surface area contributed by atoms with Gasteiger partial charge in [0.1, 0.15) is 23.3 Å². The van der Waals surface area contributed by atoms with Crippen LogP contribution in [0.1, 0.15) is 11.1 Å². The molecule has 0 spiro atoms. The number of para-hydroxylation sites is 6. The van der Waals surface area contributed by atoms with Crippen LogP contribution in [0.3, 0.4) is 0 Å². The van der Waals surface area contributed by atoms with Crippen LogP contribution in [-0.4, -0.2) is 18.3 Å². The maximum Gasteiger partial charge on any atom is 0.104 e. The second kappa shape index (κ2) is 15.3. The second-order valence-corrected chi connectivity index (χ2v) is 21.8. The molecule has 76 heavy (non-hydrogen) atoms. The molecule has 0 radical (unpaired) electrons.